The smallest absolute Gasteiger partial charge is 0.160 e. The first-order valence-corrected chi connectivity index (χ1v) is 4.20. The number of hydrogen-bond donors (Lipinski definition) is 3. The molecular formula is C9H16O4. The lowest BCUT2D eigenvalue weighted by Crippen LogP contribution is -2.29. The molecule has 0 saturated carbocycles. The maximum Gasteiger partial charge on any atom is 0.160 e. The summed E-state index contributed by atoms with van der Waals surface area (Å²) in [4.78, 5) is 11.1. The monoisotopic (exact) mass is 188 g/mol. The number of aliphatic hydroxyl groups excluding tert-OH is 3. The van der Waals surface area contributed by atoms with Gasteiger partial charge in [0.2, 0.25) is 0 Å². The summed E-state index contributed by atoms with van der Waals surface area (Å²) in [5, 5.41) is 26.4. The molecule has 0 radical (unpaired) electrons. The highest BCUT2D eigenvalue weighted by Gasteiger charge is 2.24. The summed E-state index contributed by atoms with van der Waals surface area (Å²) >= 11 is 0. The molecule has 0 aromatic carbocycles. The number of allylic oxidation sites excluding steroid dienone is 1. The van der Waals surface area contributed by atoms with Crippen molar-refractivity contribution in [1.82, 2.24) is 0 Å². The lowest BCUT2D eigenvalue weighted by Gasteiger charge is -2.20. The van der Waals surface area contributed by atoms with Gasteiger partial charge >= 0.3 is 0 Å². The SMILES string of the molecule is C=CC(=O)C(CO)C(CO)CCO. The van der Waals surface area contributed by atoms with E-state index in [9.17, 15) is 4.79 Å². The molecule has 0 amide bonds. The highest BCUT2D eigenvalue weighted by Crippen LogP contribution is 2.16. The van der Waals surface area contributed by atoms with E-state index in [0.29, 0.717) is 6.42 Å². The van der Waals surface area contributed by atoms with Gasteiger partial charge in [-0.25, -0.2) is 0 Å². The molecule has 2 unspecified atom stereocenters. The zero-order valence-electron chi connectivity index (χ0n) is 7.52. The van der Waals surface area contributed by atoms with Gasteiger partial charge in [0.1, 0.15) is 0 Å². The van der Waals surface area contributed by atoms with Crippen molar-refractivity contribution in [3.63, 3.8) is 0 Å². The molecule has 4 heteroatoms. The summed E-state index contributed by atoms with van der Waals surface area (Å²) in [5.74, 6) is -1.33. The molecule has 4 nitrogen and oxygen atoms in total. The third-order valence-electron chi connectivity index (χ3n) is 2.07. The van der Waals surface area contributed by atoms with E-state index in [2.05, 4.69) is 6.58 Å². The zero-order valence-corrected chi connectivity index (χ0v) is 7.52. The van der Waals surface area contributed by atoms with Crippen molar-refractivity contribution in [2.75, 3.05) is 19.8 Å². The van der Waals surface area contributed by atoms with E-state index in [-0.39, 0.29) is 31.5 Å². The van der Waals surface area contributed by atoms with Crippen molar-refractivity contribution in [3.05, 3.63) is 12.7 Å². The molecule has 0 aromatic rings. The van der Waals surface area contributed by atoms with Crippen LogP contribution in [-0.2, 0) is 4.79 Å². The average Bonchev–Trinajstić information content (AvgIpc) is 2.17. The summed E-state index contributed by atoms with van der Waals surface area (Å²) in [5.41, 5.74) is 0. The van der Waals surface area contributed by atoms with Crippen LogP contribution in [-0.4, -0.2) is 40.9 Å². The Balaban J connectivity index is 4.32. The van der Waals surface area contributed by atoms with Gasteiger partial charge in [-0.3, -0.25) is 4.79 Å². The van der Waals surface area contributed by atoms with Crippen LogP contribution in [0.3, 0.4) is 0 Å². The van der Waals surface area contributed by atoms with E-state index in [4.69, 9.17) is 15.3 Å². The Kier molecular flexibility index (Phi) is 6.40. The molecular weight excluding hydrogens is 172 g/mol. The van der Waals surface area contributed by atoms with Crippen molar-refractivity contribution in [2.45, 2.75) is 6.42 Å². The number of carbonyl (C=O) groups is 1. The number of ketones is 1. The minimum absolute atomic E-state index is 0.105. The van der Waals surface area contributed by atoms with Gasteiger partial charge in [-0.2, -0.15) is 0 Å². The number of hydrogen-bond acceptors (Lipinski definition) is 4. The van der Waals surface area contributed by atoms with Gasteiger partial charge in [0.15, 0.2) is 5.78 Å². The van der Waals surface area contributed by atoms with Crippen LogP contribution in [0.4, 0.5) is 0 Å². The van der Waals surface area contributed by atoms with E-state index in [1.165, 1.54) is 0 Å². The lowest BCUT2D eigenvalue weighted by molar-refractivity contribution is -0.122. The summed E-state index contributed by atoms with van der Waals surface area (Å²) in [7, 11) is 0. The Labute approximate surface area is 77.5 Å². The predicted octanol–water partition coefficient (Wildman–Crippen LogP) is -0.659. The van der Waals surface area contributed by atoms with Gasteiger partial charge < -0.3 is 15.3 Å². The Morgan fingerprint density at radius 2 is 1.92 bits per heavy atom. The van der Waals surface area contributed by atoms with Crippen LogP contribution in [0.1, 0.15) is 6.42 Å². The molecule has 0 fully saturated rings. The van der Waals surface area contributed by atoms with Gasteiger partial charge in [0, 0.05) is 19.1 Å². The highest BCUT2D eigenvalue weighted by atomic mass is 16.3. The Bertz CT molecular complexity index is 167. The van der Waals surface area contributed by atoms with E-state index >= 15 is 0 Å². The molecule has 76 valence electrons. The second-order valence-corrected chi connectivity index (χ2v) is 2.85. The van der Waals surface area contributed by atoms with Crippen LogP contribution in [0.15, 0.2) is 12.7 Å². The second kappa shape index (κ2) is 6.77. The molecule has 0 aliphatic carbocycles. The molecule has 0 rings (SSSR count). The van der Waals surface area contributed by atoms with Gasteiger partial charge in [-0.15, -0.1) is 0 Å². The molecule has 0 aromatic heterocycles. The molecule has 0 bridgehead atoms. The second-order valence-electron chi connectivity index (χ2n) is 2.85. The standard InChI is InChI=1S/C9H16O4/c1-2-9(13)8(6-12)7(5-11)3-4-10/h2,7-8,10-12H,1,3-6H2. The third-order valence-corrected chi connectivity index (χ3v) is 2.07. The van der Waals surface area contributed by atoms with Crippen LogP contribution in [0.25, 0.3) is 0 Å². The fourth-order valence-electron chi connectivity index (χ4n) is 1.21. The van der Waals surface area contributed by atoms with E-state index in [0.717, 1.165) is 6.08 Å². The average molecular weight is 188 g/mol. The number of rotatable bonds is 7. The van der Waals surface area contributed by atoms with E-state index < -0.39 is 5.92 Å². The van der Waals surface area contributed by atoms with Crippen LogP contribution in [0.5, 0.6) is 0 Å². The van der Waals surface area contributed by atoms with Crippen molar-refractivity contribution < 1.29 is 20.1 Å². The third kappa shape index (κ3) is 3.67. The Morgan fingerprint density at radius 1 is 1.31 bits per heavy atom. The summed E-state index contributed by atoms with van der Waals surface area (Å²) in [6.07, 6.45) is 1.43. The van der Waals surface area contributed by atoms with Crippen LogP contribution >= 0.6 is 0 Å². The summed E-state index contributed by atoms with van der Waals surface area (Å²) < 4.78 is 0. The first-order valence-electron chi connectivity index (χ1n) is 4.20. The first-order chi connectivity index (χ1) is 6.21. The zero-order chi connectivity index (χ0) is 10.3. The minimum Gasteiger partial charge on any atom is -0.396 e. The van der Waals surface area contributed by atoms with Crippen molar-refractivity contribution in [2.24, 2.45) is 11.8 Å². The van der Waals surface area contributed by atoms with Gasteiger partial charge in [0.05, 0.1) is 6.61 Å². The fraction of sp³-hybridized carbons (Fsp3) is 0.667. The van der Waals surface area contributed by atoms with E-state index in [1.54, 1.807) is 0 Å². The van der Waals surface area contributed by atoms with Crippen LogP contribution in [0.2, 0.25) is 0 Å². The van der Waals surface area contributed by atoms with Crippen molar-refractivity contribution in [1.29, 1.82) is 0 Å². The number of carbonyl (C=O) groups excluding carboxylic acids is 1. The molecule has 13 heavy (non-hydrogen) atoms. The topological polar surface area (TPSA) is 77.8 Å². The fourth-order valence-corrected chi connectivity index (χ4v) is 1.21. The molecule has 0 spiro atoms. The molecule has 3 N–H and O–H groups in total. The van der Waals surface area contributed by atoms with Crippen LogP contribution < -0.4 is 0 Å². The maximum absolute atomic E-state index is 11.1. The van der Waals surface area contributed by atoms with Crippen molar-refractivity contribution >= 4 is 5.78 Å². The number of aliphatic hydroxyl groups is 3. The highest BCUT2D eigenvalue weighted by molar-refractivity contribution is 5.91. The van der Waals surface area contributed by atoms with Gasteiger partial charge in [0.25, 0.3) is 0 Å². The summed E-state index contributed by atoms with van der Waals surface area (Å²) in [6, 6.07) is 0. The molecule has 0 aliphatic rings. The lowest BCUT2D eigenvalue weighted by atomic mass is 9.87. The maximum atomic E-state index is 11.1. The largest absolute Gasteiger partial charge is 0.396 e. The van der Waals surface area contributed by atoms with Crippen molar-refractivity contribution in [3.8, 4) is 0 Å². The Morgan fingerprint density at radius 3 is 2.23 bits per heavy atom. The molecule has 2 atom stereocenters. The first kappa shape index (κ1) is 12.3. The summed E-state index contributed by atoms with van der Waals surface area (Å²) in [6.45, 7) is 2.66. The van der Waals surface area contributed by atoms with Crippen LogP contribution in [0, 0.1) is 11.8 Å². The quantitative estimate of drug-likeness (QED) is 0.463. The normalized spacial score (nSPS) is 15.0. The molecule has 0 saturated heterocycles. The van der Waals surface area contributed by atoms with Gasteiger partial charge in [-0.05, 0) is 18.4 Å². The Hall–Kier alpha value is -0.710. The van der Waals surface area contributed by atoms with Gasteiger partial charge in [-0.1, -0.05) is 6.58 Å². The predicted molar refractivity (Wildman–Crippen MR) is 48.1 cm³/mol. The molecule has 0 aliphatic heterocycles. The minimum atomic E-state index is -0.644. The molecule has 0 heterocycles. The van der Waals surface area contributed by atoms with E-state index in [1.807, 2.05) is 0 Å².